The predicted octanol–water partition coefficient (Wildman–Crippen LogP) is 3.84. The van der Waals surface area contributed by atoms with Gasteiger partial charge in [-0.25, -0.2) is 13.2 Å². The largest absolute Gasteiger partial charge is 0.294 e. The Hall–Kier alpha value is -2.10. The molecule has 0 heterocycles. The van der Waals surface area contributed by atoms with Crippen LogP contribution in [0.1, 0.15) is 21.5 Å². The van der Waals surface area contributed by atoms with E-state index in [2.05, 4.69) is 0 Å². The van der Waals surface area contributed by atoms with Crippen molar-refractivity contribution in [2.75, 3.05) is 0 Å². The highest BCUT2D eigenvalue weighted by Crippen LogP contribution is 2.17. The van der Waals surface area contributed by atoms with Gasteiger partial charge >= 0.3 is 0 Å². The Bertz CT molecular complexity index is 615. The smallest absolute Gasteiger partial charge is 0.170 e. The number of carbonyl (C=O) groups is 1. The molecule has 0 radical (unpaired) electrons. The van der Waals surface area contributed by atoms with Crippen molar-refractivity contribution in [3.05, 3.63) is 70.5 Å². The SMILES string of the molecule is Cc1ccc(C(=O)Cc2c(F)cccc2F)c(F)c1. The van der Waals surface area contributed by atoms with E-state index in [1.165, 1.54) is 18.2 Å². The Morgan fingerprint density at radius 3 is 2.21 bits per heavy atom. The first kappa shape index (κ1) is 13.3. The fraction of sp³-hybridized carbons (Fsp3) is 0.133. The first-order chi connectivity index (χ1) is 8.99. The molecule has 0 fully saturated rings. The first-order valence-electron chi connectivity index (χ1n) is 5.71. The van der Waals surface area contributed by atoms with E-state index in [1.807, 2.05) is 0 Å². The summed E-state index contributed by atoms with van der Waals surface area (Å²) in [5.41, 5.74) is 0.173. The molecule has 4 heteroatoms. The van der Waals surface area contributed by atoms with Crippen LogP contribution < -0.4 is 0 Å². The average Bonchev–Trinajstić information content (AvgIpc) is 2.33. The van der Waals surface area contributed by atoms with Gasteiger partial charge in [-0.2, -0.15) is 0 Å². The van der Waals surface area contributed by atoms with Crippen molar-refractivity contribution < 1.29 is 18.0 Å². The molecule has 2 aromatic rings. The van der Waals surface area contributed by atoms with Gasteiger partial charge in [-0.1, -0.05) is 12.1 Å². The van der Waals surface area contributed by atoms with E-state index >= 15 is 0 Å². The van der Waals surface area contributed by atoms with Crippen molar-refractivity contribution in [3.8, 4) is 0 Å². The second-order valence-corrected chi connectivity index (χ2v) is 4.28. The Labute approximate surface area is 108 Å². The van der Waals surface area contributed by atoms with E-state index in [1.54, 1.807) is 13.0 Å². The number of ketones is 1. The highest BCUT2D eigenvalue weighted by molar-refractivity contribution is 5.97. The zero-order valence-electron chi connectivity index (χ0n) is 10.2. The molecule has 1 nitrogen and oxygen atoms in total. The third-order valence-electron chi connectivity index (χ3n) is 2.82. The summed E-state index contributed by atoms with van der Waals surface area (Å²) in [5.74, 6) is -2.94. The summed E-state index contributed by atoms with van der Waals surface area (Å²) in [6.07, 6.45) is -0.502. The van der Waals surface area contributed by atoms with Crippen molar-refractivity contribution >= 4 is 5.78 Å². The molecule has 19 heavy (non-hydrogen) atoms. The topological polar surface area (TPSA) is 17.1 Å². The summed E-state index contributed by atoms with van der Waals surface area (Å²) < 4.78 is 40.4. The van der Waals surface area contributed by atoms with Crippen molar-refractivity contribution in [3.63, 3.8) is 0 Å². The minimum atomic E-state index is -0.805. The maximum absolute atomic E-state index is 13.6. The van der Waals surface area contributed by atoms with Crippen molar-refractivity contribution in [1.82, 2.24) is 0 Å². The molecule has 0 bridgehead atoms. The summed E-state index contributed by atoms with van der Waals surface area (Å²) in [4.78, 5) is 11.9. The number of hydrogen-bond acceptors (Lipinski definition) is 1. The van der Waals surface area contributed by atoms with Gasteiger partial charge in [0.1, 0.15) is 17.5 Å². The average molecular weight is 264 g/mol. The van der Waals surface area contributed by atoms with Crippen LogP contribution in [0.4, 0.5) is 13.2 Å². The number of rotatable bonds is 3. The maximum atomic E-state index is 13.6. The number of benzene rings is 2. The summed E-state index contributed by atoms with van der Waals surface area (Å²) in [5, 5.41) is 0. The number of carbonyl (C=O) groups excluding carboxylic acids is 1. The predicted molar refractivity (Wildman–Crippen MR) is 65.5 cm³/mol. The summed E-state index contributed by atoms with van der Waals surface area (Å²) >= 11 is 0. The zero-order valence-corrected chi connectivity index (χ0v) is 10.2. The van der Waals surface area contributed by atoms with Crippen LogP contribution in [0.5, 0.6) is 0 Å². The molecule has 0 spiro atoms. The Balaban J connectivity index is 2.31. The standard InChI is InChI=1S/C15H11F3O/c1-9-5-6-10(14(18)7-9)15(19)8-11-12(16)3-2-4-13(11)17/h2-7H,8H2,1H3. The van der Waals surface area contributed by atoms with Crippen molar-refractivity contribution in [2.45, 2.75) is 13.3 Å². The molecule has 0 atom stereocenters. The molecule has 0 aliphatic carbocycles. The monoisotopic (exact) mass is 264 g/mol. The zero-order chi connectivity index (χ0) is 14.0. The summed E-state index contributed by atoms with van der Waals surface area (Å²) in [7, 11) is 0. The number of Topliss-reactive ketones (excluding diaryl/α,β-unsaturated/α-hetero) is 1. The molecule has 0 amide bonds. The minimum absolute atomic E-state index is 0.159. The van der Waals surface area contributed by atoms with Gasteiger partial charge in [0.15, 0.2) is 5.78 Å². The van der Waals surface area contributed by atoms with Crippen molar-refractivity contribution in [1.29, 1.82) is 0 Å². The lowest BCUT2D eigenvalue weighted by Gasteiger charge is -2.06. The Morgan fingerprint density at radius 1 is 1.00 bits per heavy atom. The van der Waals surface area contributed by atoms with Gasteiger partial charge in [0.25, 0.3) is 0 Å². The summed E-state index contributed by atoms with van der Waals surface area (Å²) in [6, 6.07) is 7.46. The van der Waals surface area contributed by atoms with Crippen LogP contribution in [0.2, 0.25) is 0 Å². The van der Waals surface area contributed by atoms with Gasteiger partial charge in [0.2, 0.25) is 0 Å². The van der Waals surface area contributed by atoms with Gasteiger partial charge in [-0.05, 0) is 36.8 Å². The third-order valence-corrected chi connectivity index (χ3v) is 2.82. The molecule has 0 saturated carbocycles. The fourth-order valence-corrected chi connectivity index (χ4v) is 1.80. The highest BCUT2D eigenvalue weighted by Gasteiger charge is 2.17. The molecule has 0 saturated heterocycles. The van der Waals surface area contributed by atoms with Crippen LogP contribution in [0.15, 0.2) is 36.4 Å². The van der Waals surface area contributed by atoms with E-state index in [-0.39, 0.29) is 11.1 Å². The molecule has 2 rings (SSSR count). The normalized spacial score (nSPS) is 10.5. The van der Waals surface area contributed by atoms with E-state index < -0.39 is 29.7 Å². The number of aryl methyl sites for hydroxylation is 1. The van der Waals surface area contributed by atoms with Crippen LogP contribution in [-0.4, -0.2) is 5.78 Å². The van der Waals surface area contributed by atoms with Crippen LogP contribution in [0.25, 0.3) is 0 Å². The minimum Gasteiger partial charge on any atom is -0.294 e. The quantitative estimate of drug-likeness (QED) is 0.770. The van der Waals surface area contributed by atoms with Gasteiger partial charge in [-0.3, -0.25) is 4.79 Å². The van der Waals surface area contributed by atoms with E-state index in [0.717, 1.165) is 12.1 Å². The van der Waals surface area contributed by atoms with E-state index in [4.69, 9.17) is 0 Å². The third kappa shape index (κ3) is 2.84. The second-order valence-electron chi connectivity index (χ2n) is 4.28. The fourth-order valence-electron chi connectivity index (χ4n) is 1.80. The van der Waals surface area contributed by atoms with Gasteiger partial charge in [-0.15, -0.1) is 0 Å². The molecule has 0 unspecified atom stereocenters. The van der Waals surface area contributed by atoms with Crippen LogP contribution in [-0.2, 0) is 6.42 Å². The highest BCUT2D eigenvalue weighted by atomic mass is 19.1. The first-order valence-corrected chi connectivity index (χ1v) is 5.71. The van der Waals surface area contributed by atoms with Crippen LogP contribution >= 0.6 is 0 Å². The van der Waals surface area contributed by atoms with Gasteiger partial charge in [0.05, 0.1) is 5.56 Å². The van der Waals surface area contributed by atoms with Gasteiger partial charge < -0.3 is 0 Å². The number of halogens is 3. The molecule has 0 aliphatic rings. The molecule has 98 valence electrons. The van der Waals surface area contributed by atoms with Crippen LogP contribution in [0, 0.1) is 24.4 Å². The van der Waals surface area contributed by atoms with Crippen LogP contribution in [0.3, 0.4) is 0 Å². The van der Waals surface area contributed by atoms with E-state index in [9.17, 15) is 18.0 Å². The van der Waals surface area contributed by atoms with Gasteiger partial charge in [0, 0.05) is 12.0 Å². The Morgan fingerprint density at radius 2 is 1.63 bits per heavy atom. The molecule has 2 aromatic carbocycles. The molecule has 0 aromatic heterocycles. The molecular weight excluding hydrogens is 253 g/mol. The van der Waals surface area contributed by atoms with Crippen molar-refractivity contribution in [2.24, 2.45) is 0 Å². The lowest BCUT2D eigenvalue weighted by atomic mass is 10.0. The molecular formula is C15H11F3O. The lowest BCUT2D eigenvalue weighted by Crippen LogP contribution is -2.09. The number of hydrogen-bond donors (Lipinski definition) is 0. The Kier molecular flexibility index (Phi) is 3.69. The van der Waals surface area contributed by atoms with E-state index in [0.29, 0.717) is 5.56 Å². The maximum Gasteiger partial charge on any atom is 0.170 e. The molecule has 0 aliphatic heterocycles. The molecule has 0 N–H and O–H groups in total. The summed E-state index contributed by atoms with van der Waals surface area (Å²) in [6.45, 7) is 1.69. The lowest BCUT2D eigenvalue weighted by molar-refractivity contribution is 0.0986. The second kappa shape index (κ2) is 5.26.